The number of benzene rings is 2. The Morgan fingerprint density at radius 1 is 0.939 bits per heavy atom. The highest BCUT2D eigenvalue weighted by atomic mass is 16.2. The van der Waals surface area contributed by atoms with Crippen LogP contribution in [0.4, 0.5) is 11.4 Å². The number of amides is 2. The molecule has 1 saturated heterocycles. The number of nitrogens with one attached hydrogen (secondary N) is 2. The van der Waals surface area contributed by atoms with Crippen LogP contribution in [0.2, 0.25) is 0 Å². The highest BCUT2D eigenvalue weighted by molar-refractivity contribution is 6.06. The Labute approximate surface area is 195 Å². The van der Waals surface area contributed by atoms with Gasteiger partial charge in [-0.15, -0.1) is 0 Å². The molecule has 0 spiro atoms. The maximum atomic E-state index is 13.2. The Bertz CT molecular complexity index is 1090. The van der Waals surface area contributed by atoms with Gasteiger partial charge in [-0.25, -0.2) is 0 Å². The molecule has 0 bridgehead atoms. The van der Waals surface area contributed by atoms with E-state index >= 15 is 0 Å². The lowest BCUT2D eigenvalue weighted by molar-refractivity contribution is 0.0950. The minimum Gasteiger partial charge on any atom is -0.371 e. The summed E-state index contributed by atoms with van der Waals surface area (Å²) in [6.45, 7) is 4.34. The second-order valence-corrected chi connectivity index (χ2v) is 8.33. The lowest BCUT2D eigenvalue weighted by atomic mass is 10.1. The molecule has 0 saturated carbocycles. The Balaban J connectivity index is 1.55. The van der Waals surface area contributed by atoms with Gasteiger partial charge >= 0.3 is 0 Å². The van der Waals surface area contributed by atoms with E-state index in [0.717, 1.165) is 43.6 Å². The molecule has 4 rings (SSSR count). The molecule has 6 heteroatoms. The minimum atomic E-state index is -0.190. The molecule has 1 aromatic heterocycles. The monoisotopic (exact) mass is 442 g/mol. The van der Waals surface area contributed by atoms with Crippen molar-refractivity contribution in [3.8, 4) is 0 Å². The van der Waals surface area contributed by atoms with Crippen molar-refractivity contribution >= 4 is 23.2 Å². The predicted molar refractivity (Wildman–Crippen MR) is 132 cm³/mol. The highest BCUT2D eigenvalue weighted by Gasteiger charge is 2.20. The molecule has 0 aliphatic carbocycles. The second kappa shape index (κ2) is 10.8. The third-order valence-corrected chi connectivity index (χ3v) is 6.00. The van der Waals surface area contributed by atoms with Crippen LogP contribution in [0.25, 0.3) is 0 Å². The number of aryl methyl sites for hydroxylation is 1. The number of carbonyl (C=O) groups excluding carboxylic acids is 2. The highest BCUT2D eigenvalue weighted by Crippen LogP contribution is 2.27. The summed E-state index contributed by atoms with van der Waals surface area (Å²) in [6, 6.07) is 17.0. The van der Waals surface area contributed by atoms with E-state index in [1.54, 1.807) is 18.5 Å². The third kappa shape index (κ3) is 5.77. The van der Waals surface area contributed by atoms with Crippen LogP contribution in [0.15, 0.2) is 67.0 Å². The molecule has 33 heavy (non-hydrogen) atoms. The van der Waals surface area contributed by atoms with Gasteiger partial charge in [0.05, 0.1) is 5.56 Å². The molecule has 0 unspecified atom stereocenters. The van der Waals surface area contributed by atoms with Gasteiger partial charge < -0.3 is 15.5 Å². The Morgan fingerprint density at radius 3 is 2.42 bits per heavy atom. The Hall–Kier alpha value is -3.67. The second-order valence-electron chi connectivity index (χ2n) is 8.33. The molecule has 2 aromatic carbocycles. The van der Waals surface area contributed by atoms with Crippen LogP contribution in [0.1, 0.15) is 58.0 Å². The van der Waals surface area contributed by atoms with Crippen LogP contribution in [0, 0.1) is 0 Å². The van der Waals surface area contributed by atoms with E-state index in [2.05, 4.69) is 27.4 Å². The Kier molecular flexibility index (Phi) is 7.35. The average molecular weight is 443 g/mol. The fraction of sp³-hybridized carbons (Fsp3) is 0.296. The molecule has 0 atom stereocenters. The molecule has 1 fully saturated rings. The molecule has 2 N–H and O–H groups in total. The van der Waals surface area contributed by atoms with Crippen molar-refractivity contribution < 1.29 is 9.59 Å². The number of piperidine rings is 1. The summed E-state index contributed by atoms with van der Waals surface area (Å²) in [7, 11) is 0. The van der Waals surface area contributed by atoms with E-state index in [9.17, 15) is 9.59 Å². The molecule has 2 amide bonds. The summed E-state index contributed by atoms with van der Waals surface area (Å²) >= 11 is 0. The maximum absolute atomic E-state index is 13.2. The normalized spacial score (nSPS) is 13.4. The summed E-state index contributed by atoms with van der Waals surface area (Å²) in [6.07, 6.45) is 7.82. The van der Waals surface area contributed by atoms with Gasteiger partial charge in [0.2, 0.25) is 0 Å². The van der Waals surface area contributed by atoms with Crippen LogP contribution in [0.5, 0.6) is 0 Å². The smallest absolute Gasteiger partial charge is 0.255 e. The molecule has 1 aliphatic heterocycles. The number of rotatable bonds is 7. The van der Waals surface area contributed by atoms with Crippen LogP contribution >= 0.6 is 0 Å². The van der Waals surface area contributed by atoms with Gasteiger partial charge in [-0.2, -0.15) is 0 Å². The van der Waals surface area contributed by atoms with Gasteiger partial charge in [0.1, 0.15) is 0 Å². The summed E-state index contributed by atoms with van der Waals surface area (Å²) in [5.74, 6) is -0.354. The average Bonchev–Trinajstić information content (AvgIpc) is 2.88. The predicted octanol–water partition coefficient (Wildman–Crippen LogP) is 4.82. The van der Waals surface area contributed by atoms with E-state index < -0.39 is 0 Å². The van der Waals surface area contributed by atoms with Crippen molar-refractivity contribution in [2.24, 2.45) is 0 Å². The van der Waals surface area contributed by atoms with E-state index in [4.69, 9.17) is 0 Å². The number of hydrogen-bond acceptors (Lipinski definition) is 4. The fourth-order valence-corrected chi connectivity index (χ4v) is 4.08. The lowest BCUT2D eigenvalue weighted by Gasteiger charge is -2.30. The van der Waals surface area contributed by atoms with Crippen molar-refractivity contribution in [1.29, 1.82) is 0 Å². The van der Waals surface area contributed by atoms with Crippen molar-refractivity contribution in [3.05, 3.63) is 89.2 Å². The molecule has 0 radical (unpaired) electrons. The van der Waals surface area contributed by atoms with Crippen LogP contribution < -0.4 is 15.5 Å². The number of carbonyl (C=O) groups is 2. The van der Waals surface area contributed by atoms with Crippen molar-refractivity contribution in [2.75, 3.05) is 23.3 Å². The van der Waals surface area contributed by atoms with Crippen molar-refractivity contribution in [3.63, 3.8) is 0 Å². The maximum Gasteiger partial charge on any atom is 0.255 e. The molecule has 2 heterocycles. The zero-order chi connectivity index (χ0) is 23.0. The van der Waals surface area contributed by atoms with Crippen LogP contribution in [-0.2, 0) is 13.0 Å². The van der Waals surface area contributed by atoms with E-state index in [-0.39, 0.29) is 11.8 Å². The lowest BCUT2D eigenvalue weighted by Crippen LogP contribution is -2.32. The van der Waals surface area contributed by atoms with Gasteiger partial charge in [-0.1, -0.05) is 25.1 Å². The largest absolute Gasteiger partial charge is 0.371 e. The minimum absolute atomic E-state index is 0.164. The summed E-state index contributed by atoms with van der Waals surface area (Å²) in [5.41, 5.74) is 4.79. The molecule has 1 aliphatic rings. The zero-order valence-corrected chi connectivity index (χ0v) is 19.0. The number of aromatic nitrogens is 1. The van der Waals surface area contributed by atoms with Gasteiger partial charge in [-0.05, 0) is 73.2 Å². The first-order valence-electron chi connectivity index (χ1n) is 11.6. The summed E-state index contributed by atoms with van der Waals surface area (Å²) in [4.78, 5) is 32.3. The van der Waals surface area contributed by atoms with Crippen molar-refractivity contribution in [2.45, 2.75) is 39.2 Å². The third-order valence-electron chi connectivity index (χ3n) is 6.00. The van der Waals surface area contributed by atoms with Crippen molar-refractivity contribution in [1.82, 2.24) is 10.3 Å². The number of pyridine rings is 1. The number of nitrogens with zero attached hydrogens (tertiary/aromatic N) is 2. The number of hydrogen-bond donors (Lipinski definition) is 2. The zero-order valence-electron chi connectivity index (χ0n) is 19.0. The molecule has 3 aromatic rings. The molecular formula is C27H30N4O2. The first-order valence-corrected chi connectivity index (χ1v) is 11.6. The van der Waals surface area contributed by atoms with Gasteiger partial charge in [0.25, 0.3) is 11.8 Å². The fourth-order valence-electron chi connectivity index (χ4n) is 4.08. The topological polar surface area (TPSA) is 74.3 Å². The number of anilines is 2. The van der Waals surface area contributed by atoms with Gasteiger partial charge in [-0.3, -0.25) is 14.6 Å². The van der Waals surface area contributed by atoms with E-state index in [1.165, 1.54) is 12.0 Å². The first-order chi connectivity index (χ1) is 16.1. The van der Waals surface area contributed by atoms with Gasteiger partial charge in [0, 0.05) is 49.0 Å². The first kappa shape index (κ1) is 22.5. The molecule has 6 nitrogen and oxygen atoms in total. The SMILES string of the molecule is CCc1ccc(C(=O)Nc2ccc(N3CCCCC3)c(C(=O)NCc3cccnc3)c2)cc1. The van der Waals surface area contributed by atoms with E-state index in [0.29, 0.717) is 23.4 Å². The van der Waals surface area contributed by atoms with Crippen LogP contribution in [-0.4, -0.2) is 29.9 Å². The molecular weight excluding hydrogens is 412 g/mol. The standard InChI is InChI=1S/C27H30N4O2/c1-2-20-8-10-22(11-9-20)26(32)30-23-12-13-25(31-15-4-3-5-16-31)24(17-23)27(33)29-19-21-7-6-14-28-18-21/h6-14,17-18H,2-5,15-16,19H2,1H3,(H,29,33)(H,30,32). The van der Waals surface area contributed by atoms with E-state index in [1.807, 2.05) is 48.5 Å². The molecule has 170 valence electrons. The summed E-state index contributed by atoms with van der Waals surface area (Å²) in [5, 5.41) is 5.95. The summed E-state index contributed by atoms with van der Waals surface area (Å²) < 4.78 is 0. The van der Waals surface area contributed by atoms with Crippen LogP contribution in [0.3, 0.4) is 0 Å². The Morgan fingerprint density at radius 2 is 1.73 bits per heavy atom. The quantitative estimate of drug-likeness (QED) is 0.550. The van der Waals surface area contributed by atoms with Gasteiger partial charge in [0.15, 0.2) is 0 Å².